The van der Waals surface area contributed by atoms with Crippen molar-refractivity contribution in [2.45, 2.75) is 17.7 Å². The number of hydrogen-bond donors (Lipinski definition) is 1. The molecule has 0 N–H and O–H groups in total. The van der Waals surface area contributed by atoms with Crippen LogP contribution in [0.1, 0.15) is 23.2 Å². The largest absolute Gasteiger partial charge is 0.327 e. The quantitative estimate of drug-likeness (QED) is 0.654. The van der Waals surface area contributed by atoms with Crippen molar-refractivity contribution in [3.8, 4) is 12.3 Å². The van der Waals surface area contributed by atoms with Crippen LogP contribution in [-0.4, -0.2) is 23.9 Å². The smallest absolute Gasteiger partial charge is 0.257 e. The molecule has 1 saturated carbocycles. The second kappa shape index (κ2) is 5.45. The van der Waals surface area contributed by atoms with E-state index in [2.05, 4.69) is 18.5 Å². The molecule has 1 amide bonds. The lowest BCUT2D eigenvalue weighted by Gasteiger charge is -2.20. The molecular formula is C14H14FNOS. The molecule has 1 aliphatic rings. The number of amides is 1. The molecule has 1 aromatic carbocycles. The van der Waals surface area contributed by atoms with Gasteiger partial charge in [-0.05, 0) is 37.0 Å². The summed E-state index contributed by atoms with van der Waals surface area (Å²) in [6.07, 6.45) is 7.49. The van der Waals surface area contributed by atoms with Crippen LogP contribution in [0, 0.1) is 24.1 Å². The summed E-state index contributed by atoms with van der Waals surface area (Å²) in [4.78, 5) is 14.3. The van der Waals surface area contributed by atoms with Crippen molar-refractivity contribution in [3.63, 3.8) is 0 Å². The SMILES string of the molecule is C#CCN(CC1CC1)C(=O)c1cc(S)ccc1F. The van der Waals surface area contributed by atoms with Gasteiger partial charge >= 0.3 is 0 Å². The van der Waals surface area contributed by atoms with Crippen molar-refractivity contribution in [1.29, 1.82) is 0 Å². The fourth-order valence-electron chi connectivity index (χ4n) is 1.79. The number of terminal acetylenes is 1. The normalized spacial score (nSPS) is 14.1. The van der Waals surface area contributed by atoms with Crippen molar-refractivity contribution < 1.29 is 9.18 Å². The molecule has 2 nitrogen and oxygen atoms in total. The lowest BCUT2D eigenvalue weighted by atomic mass is 10.1. The zero-order valence-electron chi connectivity index (χ0n) is 9.90. The van der Waals surface area contributed by atoms with E-state index in [4.69, 9.17) is 6.42 Å². The third-order valence-electron chi connectivity index (χ3n) is 2.93. The molecule has 18 heavy (non-hydrogen) atoms. The standard InChI is InChI=1S/C14H14FNOS/c1-2-7-16(9-10-3-4-10)14(17)12-8-11(18)5-6-13(12)15/h1,5-6,8,10,18H,3-4,7,9H2. The van der Waals surface area contributed by atoms with Crippen LogP contribution in [0.25, 0.3) is 0 Å². The van der Waals surface area contributed by atoms with Crippen LogP contribution in [0.5, 0.6) is 0 Å². The third kappa shape index (κ3) is 3.05. The molecule has 0 atom stereocenters. The highest BCUT2D eigenvalue weighted by molar-refractivity contribution is 7.80. The van der Waals surface area contributed by atoms with Gasteiger partial charge in [-0.3, -0.25) is 4.79 Å². The molecule has 2 rings (SSSR count). The summed E-state index contributed by atoms with van der Waals surface area (Å²) in [5.74, 6) is 2.08. The Hall–Kier alpha value is -1.47. The third-order valence-corrected chi connectivity index (χ3v) is 3.20. The van der Waals surface area contributed by atoms with Gasteiger partial charge in [0.25, 0.3) is 5.91 Å². The van der Waals surface area contributed by atoms with Gasteiger partial charge in [-0.2, -0.15) is 0 Å². The lowest BCUT2D eigenvalue weighted by molar-refractivity contribution is 0.0765. The van der Waals surface area contributed by atoms with E-state index in [1.54, 1.807) is 0 Å². The molecule has 0 heterocycles. The average molecular weight is 263 g/mol. The fraction of sp³-hybridized carbons (Fsp3) is 0.357. The maximum atomic E-state index is 13.6. The molecule has 1 aromatic rings. The first-order chi connectivity index (χ1) is 8.61. The molecule has 0 unspecified atom stereocenters. The van der Waals surface area contributed by atoms with Crippen molar-refractivity contribution in [1.82, 2.24) is 4.90 Å². The maximum absolute atomic E-state index is 13.6. The van der Waals surface area contributed by atoms with E-state index in [1.807, 2.05) is 0 Å². The molecule has 0 saturated heterocycles. The molecule has 0 aromatic heterocycles. The van der Waals surface area contributed by atoms with Crippen LogP contribution in [0.3, 0.4) is 0 Å². The van der Waals surface area contributed by atoms with Gasteiger partial charge in [0, 0.05) is 11.4 Å². The van der Waals surface area contributed by atoms with Crippen LogP contribution in [0.4, 0.5) is 4.39 Å². The first-order valence-electron chi connectivity index (χ1n) is 5.83. The van der Waals surface area contributed by atoms with Gasteiger partial charge in [-0.1, -0.05) is 5.92 Å². The van der Waals surface area contributed by atoms with Crippen molar-refractivity contribution >= 4 is 18.5 Å². The van der Waals surface area contributed by atoms with Crippen LogP contribution in [-0.2, 0) is 0 Å². The van der Waals surface area contributed by atoms with Crippen molar-refractivity contribution in [2.75, 3.05) is 13.1 Å². The second-order valence-electron chi connectivity index (χ2n) is 4.50. The van der Waals surface area contributed by atoms with E-state index >= 15 is 0 Å². The van der Waals surface area contributed by atoms with E-state index in [9.17, 15) is 9.18 Å². The first kappa shape index (κ1) is 13.0. The summed E-state index contributed by atoms with van der Waals surface area (Å²) < 4.78 is 13.6. The minimum atomic E-state index is -0.532. The van der Waals surface area contributed by atoms with Gasteiger partial charge in [-0.25, -0.2) is 4.39 Å². The van der Waals surface area contributed by atoms with E-state index < -0.39 is 5.82 Å². The van der Waals surface area contributed by atoms with Gasteiger partial charge in [0.05, 0.1) is 12.1 Å². The Bertz CT molecular complexity index is 505. The van der Waals surface area contributed by atoms with Gasteiger partial charge in [0.15, 0.2) is 0 Å². The summed E-state index contributed by atoms with van der Waals surface area (Å²) in [5, 5.41) is 0. The fourth-order valence-corrected chi connectivity index (χ4v) is 1.99. The van der Waals surface area contributed by atoms with Crippen LogP contribution < -0.4 is 0 Å². The van der Waals surface area contributed by atoms with E-state index in [-0.39, 0.29) is 18.0 Å². The Kier molecular flexibility index (Phi) is 3.93. The van der Waals surface area contributed by atoms with Crippen molar-refractivity contribution in [2.24, 2.45) is 5.92 Å². The zero-order chi connectivity index (χ0) is 13.1. The topological polar surface area (TPSA) is 20.3 Å². The molecule has 1 fully saturated rings. The number of nitrogens with zero attached hydrogens (tertiary/aromatic N) is 1. The minimum absolute atomic E-state index is 0.0402. The van der Waals surface area contributed by atoms with Crippen molar-refractivity contribution in [3.05, 3.63) is 29.6 Å². The second-order valence-corrected chi connectivity index (χ2v) is 5.01. The molecular weight excluding hydrogens is 249 g/mol. The van der Waals surface area contributed by atoms with Gasteiger partial charge < -0.3 is 4.90 Å². The zero-order valence-corrected chi connectivity index (χ0v) is 10.8. The predicted molar refractivity (Wildman–Crippen MR) is 71.1 cm³/mol. The predicted octanol–water partition coefficient (Wildman–Crippen LogP) is 2.60. The summed E-state index contributed by atoms with van der Waals surface area (Å²) in [6, 6.07) is 4.21. The average Bonchev–Trinajstić information content (AvgIpc) is 3.15. The Morgan fingerprint density at radius 2 is 2.28 bits per heavy atom. The van der Waals surface area contributed by atoms with E-state index in [0.29, 0.717) is 17.4 Å². The molecule has 0 radical (unpaired) electrons. The van der Waals surface area contributed by atoms with Crippen LogP contribution in [0.15, 0.2) is 23.1 Å². The Morgan fingerprint density at radius 3 is 2.89 bits per heavy atom. The number of carbonyl (C=O) groups excluding carboxylic acids is 1. The summed E-state index contributed by atoms with van der Waals surface area (Å²) in [5.41, 5.74) is 0.0402. The summed E-state index contributed by atoms with van der Waals surface area (Å²) in [6.45, 7) is 0.824. The number of benzene rings is 1. The molecule has 0 bridgehead atoms. The first-order valence-corrected chi connectivity index (χ1v) is 6.27. The maximum Gasteiger partial charge on any atom is 0.257 e. The Labute approximate surface area is 112 Å². The molecule has 0 spiro atoms. The van der Waals surface area contributed by atoms with E-state index in [1.165, 1.54) is 23.1 Å². The number of carbonyl (C=O) groups is 1. The van der Waals surface area contributed by atoms with Gasteiger partial charge in [0.1, 0.15) is 5.82 Å². The number of halogens is 1. The molecule has 4 heteroatoms. The summed E-state index contributed by atoms with van der Waals surface area (Å²) in [7, 11) is 0. The highest BCUT2D eigenvalue weighted by atomic mass is 32.1. The lowest BCUT2D eigenvalue weighted by Crippen LogP contribution is -2.33. The Balaban J connectivity index is 2.20. The van der Waals surface area contributed by atoms with Crippen LogP contribution >= 0.6 is 12.6 Å². The van der Waals surface area contributed by atoms with Crippen LogP contribution in [0.2, 0.25) is 0 Å². The highest BCUT2D eigenvalue weighted by Gasteiger charge is 2.27. The van der Waals surface area contributed by atoms with E-state index in [0.717, 1.165) is 12.8 Å². The van der Waals surface area contributed by atoms with Gasteiger partial charge in [0.2, 0.25) is 0 Å². The molecule has 94 valence electrons. The number of thiol groups is 1. The molecule has 0 aliphatic heterocycles. The van der Waals surface area contributed by atoms with Gasteiger partial charge in [-0.15, -0.1) is 19.1 Å². The molecule has 1 aliphatic carbocycles. The number of hydrogen-bond acceptors (Lipinski definition) is 2. The number of rotatable bonds is 4. The minimum Gasteiger partial charge on any atom is -0.327 e. The highest BCUT2D eigenvalue weighted by Crippen LogP contribution is 2.30. The Morgan fingerprint density at radius 1 is 1.56 bits per heavy atom. The summed E-state index contributed by atoms with van der Waals surface area (Å²) >= 11 is 4.12. The monoisotopic (exact) mass is 263 g/mol.